The Balaban J connectivity index is 1.62. The highest BCUT2D eigenvalue weighted by molar-refractivity contribution is 6.04. The van der Waals surface area contributed by atoms with E-state index in [1.807, 2.05) is 20.8 Å². The van der Waals surface area contributed by atoms with Crippen molar-refractivity contribution in [3.8, 4) is 17.0 Å². The van der Waals surface area contributed by atoms with Crippen LogP contribution in [0, 0.1) is 0 Å². The first-order valence-electron chi connectivity index (χ1n) is 13.3. The quantitative estimate of drug-likeness (QED) is 0.376. The van der Waals surface area contributed by atoms with E-state index < -0.39 is 17.7 Å². The zero-order chi connectivity index (χ0) is 28.9. The summed E-state index contributed by atoms with van der Waals surface area (Å²) in [6, 6.07) is 9.62. The largest absolute Gasteiger partial charge is 0.497 e. The van der Waals surface area contributed by atoms with Crippen molar-refractivity contribution in [1.82, 2.24) is 19.9 Å². The van der Waals surface area contributed by atoms with Gasteiger partial charge < -0.3 is 24.5 Å². The topological polar surface area (TPSA) is 136 Å². The molecule has 2 N–H and O–H groups in total. The highest BCUT2D eigenvalue weighted by atomic mass is 16.6. The number of ether oxygens (including phenoxy) is 3. The highest BCUT2D eigenvalue weighted by Gasteiger charge is 2.34. The number of pyridine rings is 1. The summed E-state index contributed by atoms with van der Waals surface area (Å²) in [5, 5.41) is 2.74. The summed E-state index contributed by atoms with van der Waals surface area (Å²) in [7, 11) is 1.54. The molecular weight excluding hydrogens is 514 g/mol. The SMILES string of the molecule is CCOC(=O)c1[nH]c(C2CCCCN2C(=O)OC(C)(C)C)nc1-c1ccc(C(=O)Nc2cc(OC)ccn2)cc1. The fourth-order valence-corrected chi connectivity index (χ4v) is 4.44. The van der Waals surface area contributed by atoms with Gasteiger partial charge in [0.15, 0.2) is 5.69 Å². The maximum Gasteiger partial charge on any atom is 0.410 e. The predicted octanol–water partition coefficient (Wildman–Crippen LogP) is 5.37. The van der Waals surface area contributed by atoms with Crippen LogP contribution in [0.3, 0.4) is 0 Å². The Bertz CT molecular complexity index is 1360. The Hall–Kier alpha value is -4.41. The van der Waals surface area contributed by atoms with Crippen molar-refractivity contribution < 1.29 is 28.6 Å². The molecule has 40 heavy (non-hydrogen) atoms. The second-order valence-electron chi connectivity index (χ2n) is 10.4. The van der Waals surface area contributed by atoms with Crippen molar-refractivity contribution in [2.75, 3.05) is 25.6 Å². The average molecular weight is 550 g/mol. The number of nitrogens with zero attached hydrogens (tertiary/aromatic N) is 3. The van der Waals surface area contributed by atoms with E-state index in [4.69, 9.17) is 19.2 Å². The van der Waals surface area contributed by atoms with Gasteiger partial charge in [0.2, 0.25) is 0 Å². The first-order valence-corrected chi connectivity index (χ1v) is 13.3. The standard InChI is InChI=1S/C29H35N5O6/c1-6-39-27(36)24-23(32-25(33-24)21-9-7-8-16-34(21)28(37)40-29(2,3)4)18-10-12-19(13-11-18)26(35)31-22-17-20(38-5)14-15-30-22/h10-15,17,21H,6-9,16H2,1-5H3,(H,32,33)(H,30,31,35). The number of methoxy groups -OCH3 is 1. The molecular formula is C29H35N5O6. The van der Waals surface area contributed by atoms with Gasteiger partial charge in [0.25, 0.3) is 5.91 Å². The number of carbonyl (C=O) groups excluding carboxylic acids is 3. The number of imidazole rings is 1. The number of rotatable bonds is 7. The van der Waals surface area contributed by atoms with Gasteiger partial charge in [0.05, 0.1) is 19.8 Å². The van der Waals surface area contributed by atoms with Crippen molar-refractivity contribution in [1.29, 1.82) is 0 Å². The Morgan fingerprint density at radius 2 is 1.88 bits per heavy atom. The molecule has 1 atom stereocenters. The molecule has 212 valence electrons. The lowest BCUT2D eigenvalue weighted by Crippen LogP contribution is -2.42. The lowest BCUT2D eigenvalue weighted by molar-refractivity contribution is 0.00853. The van der Waals surface area contributed by atoms with E-state index in [9.17, 15) is 14.4 Å². The number of benzene rings is 1. The van der Waals surface area contributed by atoms with Crippen LogP contribution in [0.15, 0.2) is 42.6 Å². The van der Waals surface area contributed by atoms with Crippen molar-refractivity contribution in [3.05, 3.63) is 59.7 Å². The number of H-pyrrole nitrogens is 1. The van der Waals surface area contributed by atoms with Gasteiger partial charge in [-0.1, -0.05) is 12.1 Å². The predicted molar refractivity (Wildman–Crippen MR) is 148 cm³/mol. The van der Waals surface area contributed by atoms with E-state index in [1.54, 1.807) is 54.4 Å². The smallest absolute Gasteiger partial charge is 0.410 e. The second-order valence-corrected chi connectivity index (χ2v) is 10.4. The fraction of sp³-hybridized carbons (Fsp3) is 0.414. The summed E-state index contributed by atoms with van der Waals surface area (Å²) in [5.41, 5.74) is 0.931. The van der Waals surface area contributed by atoms with Gasteiger partial charge >= 0.3 is 12.1 Å². The minimum atomic E-state index is -0.639. The molecule has 1 aromatic carbocycles. The van der Waals surface area contributed by atoms with Gasteiger partial charge in [-0.15, -0.1) is 0 Å². The van der Waals surface area contributed by atoms with Crippen molar-refractivity contribution in [2.24, 2.45) is 0 Å². The number of likely N-dealkylation sites (tertiary alicyclic amines) is 1. The van der Waals surface area contributed by atoms with Crippen LogP contribution in [0.2, 0.25) is 0 Å². The summed E-state index contributed by atoms with van der Waals surface area (Å²) in [6.07, 6.45) is 3.55. The molecule has 11 nitrogen and oxygen atoms in total. The van der Waals surface area contributed by atoms with Crippen LogP contribution in [0.25, 0.3) is 11.3 Å². The number of aromatic nitrogens is 3. The molecule has 1 fully saturated rings. The third-order valence-electron chi connectivity index (χ3n) is 6.28. The van der Waals surface area contributed by atoms with E-state index >= 15 is 0 Å². The Kier molecular flexibility index (Phi) is 8.71. The summed E-state index contributed by atoms with van der Waals surface area (Å²) in [6.45, 7) is 7.92. The molecule has 2 amide bonds. The van der Waals surface area contributed by atoms with Gasteiger partial charge in [-0.05, 0) is 65.2 Å². The van der Waals surface area contributed by atoms with Crippen LogP contribution >= 0.6 is 0 Å². The first-order chi connectivity index (χ1) is 19.1. The number of piperidine rings is 1. The van der Waals surface area contributed by atoms with Crippen LogP contribution in [-0.2, 0) is 9.47 Å². The van der Waals surface area contributed by atoms with Gasteiger partial charge in [-0.3, -0.25) is 9.69 Å². The number of esters is 1. The zero-order valence-electron chi connectivity index (χ0n) is 23.4. The molecule has 0 aliphatic carbocycles. The molecule has 3 heterocycles. The summed E-state index contributed by atoms with van der Waals surface area (Å²) in [4.78, 5) is 52.4. The van der Waals surface area contributed by atoms with E-state index in [0.717, 1.165) is 12.8 Å². The van der Waals surface area contributed by atoms with E-state index in [2.05, 4.69) is 15.3 Å². The van der Waals surface area contributed by atoms with Gasteiger partial charge in [-0.25, -0.2) is 19.6 Å². The van der Waals surface area contributed by atoms with Gasteiger partial charge in [0.1, 0.15) is 28.7 Å². The fourth-order valence-electron chi connectivity index (χ4n) is 4.44. The van der Waals surface area contributed by atoms with Crippen LogP contribution in [0.5, 0.6) is 5.75 Å². The monoisotopic (exact) mass is 549 g/mol. The van der Waals surface area contributed by atoms with Crippen LogP contribution in [0.1, 0.15) is 79.7 Å². The number of hydrogen-bond acceptors (Lipinski definition) is 8. The summed E-state index contributed by atoms with van der Waals surface area (Å²) < 4.78 is 16.1. The van der Waals surface area contributed by atoms with Crippen LogP contribution in [0.4, 0.5) is 10.6 Å². The molecule has 3 aromatic rings. The number of nitrogens with one attached hydrogen (secondary N) is 2. The van der Waals surface area contributed by atoms with Crippen molar-refractivity contribution in [3.63, 3.8) is 0 Å². The third kappa shape index (κ3) is 6.77. The molecule has 1 aliphatic heterocycles. The normalized spacial score (nSPS) is 15.3. The third-order valence-corrected chi connectivity index (χ3v) is 6.28. The lowest BCUT2D eigenvalue weighted by atomic mass is 10.0. The maximum atomic E-state index is 13.0. The molecule has 0 saturated carbocycles. The number of hydrogen-bond donors (Lipinski definition) is 2. The molecule has 2 aromatic heterocycles. The molecule has 0 radical (unpaired) electrons. The van der Waals surface area contributed by atoms with Gasteiger partial charge in [-0.2, -0.15) is 0 Å². The molecule has 1 saturated heterocycles. The van der Waals surface area contributed by atoms with Crippen LogP contribution in [-0.4, -0.2) is 63.7 Å². The van der Waals surface area contributed by atoms with Crippen LogP contribution < -0.4 is 10.1 Å². The summed E-state index contributed by atoms with van der Waals surface area (Å²) in [5.74, 6) is 0.508. The van der Waals surface area contributed by atoms with E-state index in [1.165, 1.54) is 7.11 Å². The number of amides is 2. The number of carbonyl (C=O) groups is 3. The van der Waals surface area contributed by atoms with Gasteiger partial charge in [0, 0.05) is 29.9 Å². The minimum absolute atomic E-state index is 0.185. The lowest BCUT2D eigenvalue weighted by Gasteiger charge is -2.35. The first kappa shape index (κ1) is 28.6. The van der Waals surface area contributed by atoms with E-state index in [-0.39, 0.29) is 24.2 Å². The van der Waals surface area contributed by atoms with Crippen molar-refractivity contribution >= 4 is 23.8 Å². The summed E-state index contributed by atoms with van der Waals surface area (Å²) >= 11 is 0. The average Bonchev–Trinajstić information content (AvgIpc) is 3.38. The minimum Gasteiger partial charge on any atom is -0.497 e. The molecule has 1 unspecified atom stereocenters. The Morgan fingerprint density at radius 3 is 2.55 bits per heavy atom. The van der Waals surface area contributed by atoms with Crippen molar-refractivity contribution in [2.45, 2.75) is 58.6 Å². The van der Waals surface area contributed by atoms with E-state index in [0.29, 0.717) is 47.2 Å². The number of anilines is 1. The molecule has 11 heteroatoms. The maximum absolute atomic E-state index is 13.0. The second kappa shape index (κ2) is 12.2. The Labute approximate surface area is 233 Å². The highest BCUT2D eigenvalue weighted by Crippen LogP contribution is 2.33. The molecule has 1 aliphatic rings. The molecule has 0 spiro atoms. The number of aromatic amines is 1. The molecule has 4 rings (SSSR count). The zero-order valence-corrected chi connectivity index (χ0v) is 23.4. The Morgan fingerprint density at radius 1 is 1.12 bits per heavy atom. The molecule has 0 bridgehead atoms.